The standard InChI is InChI=1S/C18H22Cl2N2O2/c1-3-13-11-15(19)16(20)12-14(13)5-6-18(24)22-9-7-21(8-10-22)17(23)4-2/h4,11-12H,2-3,5-10H2,1H3. The zero-order valence-electron chi connectivity index (χ0n) is 13.9. The van der Waals surface area contributed by atoms with Gasteiger partial charge in [0.15, 0.2) is 0 Å². The molecule has 2 amide bonds. The van der Waals surface area contributed by atoms with Crippen molar-refractivity contribution in [2.24, 2.45) is 0 Å². The monoisotopic (exact) mass is 368 g/mol. The minimum absolute atomic E-state index is 0.0782. The van der Waals surface area contributed by atoms with Gasteiger partial charge in [0.2, 0.25) is 11.8 Å². The van der Waals surface area contributed by atoms with Crippen molar-refractivity contribution in [1.82, 2.24) is 9.80 Å². The number of halogens is 2. The molecule has 0 spiro atoms. The summed E-state index contributed by atoms with van der Waals surface area (Å²) in [5.41, 5.74) is 2.19. The summed E-state index contributed by atoms with van der Waals surface area (Å²) in [7, 11) is 0. The van der Waals surface area contributed by atoms with E-state index in [-0.39, 0.29) is 11.8 Å². The van der Waals surface area contributed by atoms with Crippen molar-refractivity contribution in [3.8, 4) is 0 Å². The van der Waals surface area contributed by atoms with E-state index in [1.54, 1.807) is 4.90 Å². The fourth-order valence-corrected chi connectivity index (χ4v) is 3.27. The summed E-state index contributed by atoms with van der Waals surface area (Å²) >= 11 is 12.1. The van der Waals surface area contributed by atoms with Crippen LogP contribution in [0.2, 0.25) is 10.0 Å². The van der Waals surface area contributed by atoms with Gasteiger partial charge in [0.1, 0.15) is 0 Å². The van der Waals surface area contributed by atoms with E-state index in [1.807, 2.05) is 17.0 Å². The first-order valence-electron chi connectivity index (χ1n) is 8.12. The summed E-state index contributed by atoms with van der Waals surface area (Å²) in [5.74, 6) is 0.0271. The molecule has 0 aliphatic carbocycles. The predicted molar refractivity (Wildman–Crippen MR) is 97.5 cm³/mol. The summed E-state index contributed by atoms with van der Waals surface area (Å²) < 4.78 is 0. The SMILES string of the molecule is C=CC(=O)N1CCN(C(=O)CCc2cc(Cl)c(Cl)cc2CC)CC1. The highest BCUT2D eigenvalue weighted by molar-refractivity contribution is 6.42. The Morgan fingerprint density at radius 2 is 1.62 bits per heavy atom. The third-order valence-corrected chi connectivity index (χ3v) is 5.07. The molecule has 0 aromatic heterocycles. The average molecular weight is 369 g/mol. The zero-order valence-corrected chi connectivity index (χ0v) is 15.4. The molecule has 1 aliphatic rings. The van der Waals surface area contributed by atoms with Crippen molar-refractivity contribution >= 4 is 35.0 Å². The second-order valence-corrected chi connectivity index (χ2v) is 6.61. The Labute approximate surface area is 153 Å². The molecule has 1 aliphatic heterocycles. The average Bonchev–Trinajstić information content (AvgIpc) is 2.61. The molecule has 1 heterocycles. The number of piperazine rings is 1. The zero-order chi connectivity index (χ0) is 17.7. The first-order valence-corrected chi connectivity index (χ1v) is 8.87. The van der Waals surface area contributed by atoms with Crippen LogP contribution < -0.4 is 0 Å². The van der Waals surface area contributed by atoms with E-state index in [9.17, 15) is 9.59 Å². The molecule has 0 N–H and O–H groups in total. The van der Waals surface area contributed by atoms with Crippen molar-refractivity contribution in [3.05, 3.63) is 46.0 Å². The van der Waals surface area contributed by atoms with Crippen LogP contribution in [0.5, 0.6) is 0 Å². The van der Waals surface area contributed by atoms with Crippen molar-refractivity contribution < 1.29 is 9.59 Å². The number of aryl methyl sites for hydroxylation is 2. The minimum atomic E-state index is -0.0782. The predicted octanol–water partition coefficient (Wildman–Crippen LogP) is 3.35. The Kier molecular flexibility index (Phi) is 6.69. The van der Waals surface area contributed by atoms with E-state index < -0.39 is 0 Å². The Balaban J connectivity index is 1.91. The maximum absolute atomic E-state index is 12.4. The van der Waals surface area contributed by atoms with Gasteiger partial charge < -0.3 is 9.80 Å². The molecule has 6 heteroatoms. The fraction of sp³-hybridized carbons (Fsp3) is 0.444. The number of rotatable bonds is 5. The van der Waals surface area contributed by atoms with E-state index in [0.717, 1.165) is 17.5 Å². The molecule has 24 heavy (non-hydrogen) atoms. The fourth-order valence-electron chi connectivity index (χ4n) is 2.90. The highest BCUT2D eigenvalue weighted by Gasteiger charge is 2.22. The summed E-state index contributed by atoms with van der Waals surface area (Å²) in [5, 5.41) is 1.07. The van der Waals surface area contributed by atoms with E-state index in [4.69, 9.17) is 23.2 Å². The lowest BCUT2D eigenvalue weighted by atomic mass is 10.0. The third kappa shape index (κ3) is 4.52. The third-order valence-electron chi connectivity index (χ3n) is 4.35. The van der Waals surface area contributed by atoms with Gasteiger partial charge in [-0.3, -0.25) is 9.59 Å². The smallest absolute Gasteiger partial charge is 0.246 e. The number of nitrogens with zero attached hydrogens (tertiary/aromatic N) is 2. The van der Waals surface area contributed by atoms with Crippen LogP contribution in [0.4, 0.5) is 0 Å². The molecule has 4 nitrogen and oxygen atoms in total. The van der Waals surface area contributed by atoms with Crippen LogP contribution in [0.15, 0.2) is 24.8 Å². The molecule has 1 saturated heterocycles. The largest absolute Gasteiger partial charge is 0.339 e. The Morgan fingerprint density at radius 1 is 1.08 bits per heavy atom. The molecule has 0 saturated carbocycles. The van der Waals surface area contributed by atoms with E-state index >= 15 is 0 Å². The van der Waals surface area contributed by atoms with Gasteiger partial charge in [-0.2, -0.15) is 0 Å². The lowest BCUT2D eigenvalue weighted by Crippen LogP contribution is -2.50. The van der Waals surface area contributed by atoms with Crippen LogP contribution in [-0.4, -0.2) is 47.8 Å². The van der Waals surface area contributed by atoms with E-state index in [1.165, 1.54) is 6.08 Å². The Morgan fingerprint density at radius 3 is 2.17 bits per heavy atom. The number of amides is 2. The van der Waals surface area contributed by atoms with E-state index in [2.05, 4.69) is 13.5 Å². The van der Waals surface area contributed by atoms with Crippen LogP contribution in [0.3, 0.4) is 0 Å². The molecule has 130 valence electrons. The first kappa shape index (κ1) is 18.8. The number of benzene rings is 1. The number of hydrogen-bond donors (Lipinski definition) is 0. The lowest BCUT2D eigenvalue weighted by Gasteiger charge is -2.34. The molecule has 1 aromatic carbocycles. The highest BCUT2D eigenvalue weighted by Crippen LogP contribution is 2.27. The second kappa shape index (κ2) is 8.54. The molecule has 0 radical (unpaired) electrons. The van der Waals surface area contributed by atoms with Crippen molar-refractivity contribution in [2.75, 3.05) is 26.2 Å². The molecular formula is C18H22Cl2N2O2. The topological polar surface area (TPSA) is 40.6 Å². The van der Waals surface area contributed by atoms with Crippen molar-refractivity contribution in [2.45, 2.75) is 26.2 Å². The quantitative estimate of drug-likeness (QED) is 0.747. The maximum Gasteiger partial charge on any atom is 0.246 e. The van der Waals surface area contributed by atoms with Crippen LogP contribution in [0.1, 0.15) is 24.5 Å². The highest BCUT2D eigenvalue weighted by atomic mass is 35.5. The summed E-state index contributed by atoms with van der Waals surface area (Å²) in [6, 6.07) is 3.74. The van der Waals surface area contributed by atoms with E-state index in [0.29, 0.717) is 49.1 Å². The summed E-state index contributed by atoms with van der Waals surface area (Å²) in [6.45, 7) is 7.80. The molecule has 1 fully saturated rings. The summed E-state index contributed by atoms with van der Waals surface area (Å²) in [6.07, 6.45) is 3.24. The van der Waals surface area contributed by atoms with Gasteiger partial charge in [-0.05, 0) is 42.2 Å². The van der Waals surface area contributed by atoms with Crippen LogP contribution >= 0.6 is 23.2 Å². The van der Waals surface area contributed by atoms with Gasteiger partial charge in [0.05, 0.1) is 10.0 Å². The van der Waals surface area contributed by atoms with Gasteiger partial charge in [-0.1, -0.05) is 36.7 Å². The minimum Gasteiger partial charge on any atom is -0.339 e. The lowest BCUT2D eigenvalue weighted by molar-refractivity contribution is -0.137. The number of carbonyl (C=O) groups excluding carboxylic acids is 2. The van der Waals surface area contributed by atoms with Crippen LogP contribution in [-0.2, 0) is 22.4 Å². The molecule has 0 atom stereocenters. The van der Waals surface area contributed by atoms with Gasteiger partial charge in [0.25, 0.3) is 0 Å². The Bertz CT molecular complexity index is 638. The van der Waals surface area contributed by atoms with Gasteiger partial charge in [-0.15, -0.1) is 0 Å². The molecular weight excluding hydrogens is 347 g/mol. The maximum atomic E-state index is 12.4. The van der Waals surface area contributed by atoms with Crippen LogP contribution in [0.25, 0.3) is 0 Å². The van der Waals surface area contributed by atoms with Gasteiger partial charge in [-0.25, -0.2) is 0 Å². The number of hydrogen-bond acceptors (Lipinski definition) is 2. The Hall–Kier alpha value is -1.52. The molecule has 1 aromatic rings. The molecule has 0 unspecified atom stereocenters. The second-order valence-electron chi connectivity index (χ2n) is 5.80. The van der Waals surface area contributed by atoms with Gasteiger partial charge >= 0.3 is 0 Å². The summed E-state index contributed by atoms with van der Waals surface area (Å²) in [4.78, 5) is 27.5. The van der Waals surface area contributed by atoms with Crippen LogP contribution in [0, 0.1) is 0 Å². The molecule has 2 rings (SSSR count). The first-order chi connectivity index (χ1) is 11.5. The number of carbonyl (C=O) groups is 2. The van der Waals surface area contributed by atoms with Crippen molar-refractivity contribution in [3.63, 3.8) is 0 Å². The molecule has 0 bridgehead atoms. The van der Waals surface area contributed by atoms with Gasteiger partial charge in [0, 0.05) is 32.6 Å². The normalized spacial score (nSPS) is 14.6. The van der Waals surface area contributed by atoms with Crippen molar-refractivity contribution in [1.29, 1.82) is 0 Å².